The maximum absolute atomic E-state index is 15.5. The molecule has 0 atom stereocenters. The Morgan fingerprint density at radius 2 is 0.470 bits per heavy atom. The summed E-state index contributed by atoms with van der Waals surface area (Å²) in [7, 11) is 0. The third-order valence-corrected chi connectivity index (χ3v) is 19.6. The molecule has 0 radical (unpaired) electrons. The molecule has 0 fully saturated rings. The molecule has 13 aromatic carbocycles. The van der Waals surface area contributed by atoms with Crippen LogP contribution in [-0.2, 0) is 25.7 Å². The van der Waals surface area contributed by atoms with Crippen LogP contribution in [0.25, 0.3) is 76.8 Å². The Hall–Kier alpha value is -11.2. The standard InChI is InChI=1S/C99H86O/c1-5-9-13-17-71-23-44-80(45-24-71)84-52-31-75(32-53-84)21-22-76-39-60-88(61-40-76)99(100)96-70-91(64-43-79-37-58-87(59-38-79)83-50-29-74(30-51-83)20-16-12-8-4)94-66-65-92-89(62-41-77-33-54-85(55-34-77)81-46-25-72(26-47-81)18-14-10-6-2)69-90(93-67-68-95(96)98(94)97(92)93)63-42-78-35-56-86(57-36-78)82-48-27-73(28-49-82)19-15-11-7-3/h23-40,44-61,65-70H,5-20H2,1-4H3. The maximum atomic E-state index is 15.5. The average molecular weight is 1290 g/mol. The van der Waals surface area contributed by atoms with Gasteiger partial charge in [-0.1, -0.05) is 296 Å². The zero-order valence-corrected chi connectivity index (χ0v) is 58.5. The van der Waals surface area contributed by atoms with E-state index in [4.69, 9.17) is 0 Å². The number of unbranched alkanes of at least 4 members (excludes halogenated alkanes) is 8. The molecule has 100 heavy (non-hydrogen) atoms. The fourth-order valence-corrected chi connectivity index (χ4v) is 13.7. The molecule has 0 aromatic heterocycles. The monoisotopic (exact) mass is 1290 g/mol. The van der Waals surface area contributed by atoms with Crippen molar-refractivity contribution in [1.82, 2.24) is 0 Å². The van der Waals surface area contributed by atoms with Crippen molar-refractivity contribution in [2.24, 2.45) is 0 Å². The van der Waals surface area contributed by atoms with E-state index < -0.39 is 0 Å². The zero-order chi connectivity index (χ0) is 68.4. The van der Waals surface area contributed by atoms with Crippen LogP contribution in [0, 0.1) is 47.4 Å². The molecule has 0 aliphatic rings. The molecule has 0 heterocycles. The van der Waals surface area contributed by atoms with Crippen LogP contribution >= 0.6 is 0 Å². The van der Waals surface area contributed by atoms with E-state index in [9.17, 15) is 0 Å². The Labute approximate surface area is 594 Å². The van der Waals surface area contributed by atoms with E-state index in [-0.39, 0.29) is 5.78 Å². The van der Waals surface area contributed by atoms with Gasteiger partial charge >= 0.3 is 0 Å². The molecule has 0 saturated carbocycles. The van der Waals surface area contributed by atoms with Gasteiger partial charge < -0.3 is 0 Å². The minimum absolute atomic E-state index is 0.0939. The predicted octanol–water partition coefficient (Wildman–Crippen LogP) is 25.0. The largest absolute Gasteiger partial charge is 0.289 e. The van der Waals surface area contributed by atoms with Gasteiger partial charge in [-0.25, -0.2) is 0 Å². The number of ketones is 1. The lowest BCUT2D eigenvalue weighted by molar-refractivity contribution is 0.104. The van der Waals surface area contributed by atoms with Gasteiger partial charge in [0, 0.05) is 55.6 Å². The van der Waals surface area contributed by atoms with Crippen LogP contribution in [0.3, 0.4) is 0 Å². The van der Waals surface area contributed by atoms with Crippen molar-refractivity contribution in [3.05, 3.63) is 333 Å². The lowest BCUT2D eigenvalue weighted by Crippen LogP contribution is -2.04. The summed E-state index contributed by atoms with van der Waals surface area (Å²) in [6, 6.07) is 90.6. The molecule has 0 N–H and O–H groups in total. The van der Waals surface area contributed by atoms with Crippen LogP contribution in [0.4, 0.5) is 0 Å². The third kappa shape index (κ3) is 16.5. The highest BCUT2D eigenvalue weighted by Gasteiger charge is 2.22. The van der Waals surface area contributed by atoms with Crippen LogP contribution in [0.1, 0.15) is 187 Å². The Morgan fingerprint density at radius 1 is 0.240 bits per heavy atom. The van der Waals surface area contributed by atoms with E-state index in [0.717, 1.165) is 119 Å². The summed E-state index contributed by atoms with van der Waals surface area (Å²) in [4.78, 5) is 15.5. The number of benzene rings is 13. The van der Waals surface area contributed by atoms with E-state index in [0.29, 0.717) is 11.1 Å². The fourth-order valence-electron chi connectivity index (χ4n) is 13.7. The molecule has 0 aliphatic heterocycles. The molecule has 0 bridgehead atoms. The molecule has 13 rings (SSSR count). The van der Waals surface area contributed by atoms with E-state index in [1.165, 1.54) is 127 Å². The van der Waals surface area contributed by atoms with Gasteiger partial charge in [-0.3, -0.25) is 4.79 Å². The van der Waals surface area contributed by atoms with E-state index >= 15 is 4.79 Å². The SMILES string of the molecule is CCCCCc1ccc(-c2ccc(C#Cc3ccc(C(=O)c4cc(C#Cc5ccc(-c6ccc(CCCCC)cc6)cc5)c5ccc6c(C#Cc7ccc(-c8ccc(CCCCC)cc8)cc7)cc(C#Cc7ccc(-c8ccc(CCCCC)cc8)cc7)c7ccc4c5c67)cc3)cc2)cc1. The molecule has 0 spiro atoms. The zero-order valence-electron chi connectivity index (χ0n) is 58.5. The van der Waals surface area contributed by atoms with Crippen LogP contribution in [-0.4, -0.2) is 5.78 Å². The molecule has 1 heteroatoms. The number of hydrogen-bond donors (Lipinski definition) is 0. The molecule has 1 nitrogen and oxygen atoms in total. The number of aryl methyl sites for hydroxylation is 4. The molecule has 0 aliphatic carbocycles. The van der Waals surface area contributed by atoms with Gasteiger partial charge in [0.25, 0.3) is 0 Å². The third-order valence-electron chi connectivity index (χ3n) is 19.6. The number of rotatable bonds is 22. The summed E-state index contributed by atoms with van der Waals surface area (Å²) in [5.74, 6) is 28.3. The highest BCUT2D eigenvalue weighted by Crippen LogP contribution is 2.41. The molecule has 13 aromatic rings. The minimum Gasteiger partial charge on any atom is -0.289 e. The second kappa shape index (κ2) is 32.9. The molecule has 0 unspecified atom stereocenters. The van der Waals surface area contributed by atoms with Gasteiger partial charge in [-0.2, -0.15) is 0 Å². The van der Waals surface area contributed by atoms with Crippen LogP contribution in [0.15, 0.2) is 255 Å². The van der Waals surface area contributed by atoms with Gasteiger partial charge in [-0.05, 0) is 235 Å². The molecule has 488 valence electrons. The summed E-state index contributed by atoms with van der Waals surface area (Å²) in [6.45, 7) is 9.00. The number of carbonyl (C=O) groups is 1. The molecular formula is C99H86O. The van der Waals surface area contributed by atoms with E-state index in [2.05, 4.69) is 300 Å². The second-order valence-corrected chi connectivity index (χ2v) is 26.8. The Morgan fingerprint density at radius 3 is 0.750 bits per heavy atom. The Bertz CT molecular complexity index is 5080. The van der Waals surface area contributed by atoms with Crippen molar-refractivity contribution in [3.8, 4) is 91.9 Å². The summed E-state index contributed by atoms with van der Waals surface area (Å²) in [6.07, 6.45) is 19.2. The quantitative estimate of drug-likeness (QED) is 0.0286. The topological polar surface area (TPSA) is 17.1 Å². The first-order valence-corrected chi connectivity index (χ1v) is 36.6. The molecule has 0 saturated heterocycles. The highest BCUT2D eigenvalue weighted by molar-refractivity contribution is 6.30. The van der Waals surface area contributed by atoms with Crippen molar-refractivity contribution in [1.29, 1.82) is 0 Å². The average Bonchev–Trinajstić information content (AvgIpc) is 0.716. The maximum Gasteiger partial charge on any atom is 0.193 e. The summed E-state index contributed by atoms with van der Waals surface area (Å²) >= 11 is 0. The van der Waals surface area contributed by atoms with Crippen LogP contribution in [0.2, 0.25) is 0 Å². The van der Waals surface area contributed by atoms with E-state index in [1.807, 2.05) is 30.3 Å². The highest BCUT2D eigenvalue weighted by atomic mass is 16.1. The van der Waals surface area contributed by atoms with Crippen molar-refractivity contribution < 1.29 is 4.79 Å². The van der Waals surface area contributed by atoms with Crippen LogP contribution < -0.4 is 0 Å². The lowest BCUT2D eigenvalue weighted by Gasteiger charge is -2.17. The normalized spacial score (nSPS) is 11.0. The van der Waals surface area contributed by atoms with Crippen LogP contribution in [0.5, 0.6) is 0 Å². The summed E-state index contributed by atoms with van der Waals surface area (Å²) in [5, 5.41) is 5.73. The lowest BCUT2D eigenvalue weighted by atomic mass is 9.84. The fraction of sp³-hybridized carbons (Fsp3) is 0.202. The van der Waals surface area contributed by atoms with Crippen molar-refractivity contribution in [2.75, 3.05) is 0 Å². The van der Waals surface area contributed by atoms with Crippen molar-refractivity contribution in [3.63, 3.8) is 0 Å². The summed E-state index contributed by atoms with van der Waals surface area (Å²) in [5.41, 5.74) is 23.0. The molecular weight excluding hydrogens is 1210 g/mol. The van der Waals surface area contributed by atoms with Gasteiger partial charge in [0.05, 0.1) is 0 Å². The van der Waals surface area contributed by atoms with Gasteiger partial charge in [0.15, 0.2) is 5.78 Å². The van der Waals surface area contributed by atoms with Gasteiger partial charge in [-0.15, -0.1) is 0 Å². The first-order valence-electron chi connectivity index (χ1n) is 36.6. The Kier molecular flexibility index (Phi) is 22.2. The molecule has 0 amide bonds. The predicted molar refractivity (Wildman–Crippen MR) is 424 cm³/mol. The van der Waals surface area contributed by atoms with Gasteiger partial charge in [0.2, 0.25) is 0 Å². The van der Waals surface area contributed by atoms with Gasteiger partial charge in [0.1, 0.15) is 0 Å². The number of hydrogen-bond acceptors (Lipinski definition) is 1. The first-order chi connectivity index (χ1) is 49.3. The van der Waals surface area contributed by atoms with Crippen molar-refractivity contribution in [2.45, 2.75) is 130 Å². The van der Waals surface area contributed by atoms with E-state index in [1.54, 1.807) is 0 Å². The minimum atomic E-state index is -0.0939. The Balaban J connectivity index is 0.876. The first kappa shape index (κ1) is 67.4. The second-order valence-electron chi connectivity index (χ2n) is 26.8. The van der Waals surface area contributed by atoms with Crippen molar-refractivity contribution >= 4 is 38.1 Å². The smallest absolute Gasteiger partial charge is 0.193 e. The number of carbonyl (C=O) groups excluding carboxylic acids is 1. The summed E-state index contributed by atoms with van der Waals surface area (Å²) < 4.78 is 0.